The molecule has 72 valence electrons. The molecule has 2 nitrogen and oxygen atoms in total. The molecule has 0 bridgehead atoms. The Morgan fingerprint density at radius 3 is 2.80 bits per heavy atom. The molecule has 2 aromatic heterocycles. The van der Waals surface area contributed by atoms with Crippen molar-refractivity contribution in [1.82, 2.24) is 9.36 Å². The van der Waals surface area contributed by atoms with Gasteiger partial charge in [0, 0.05) is 23.3 Å². The van der Waals surface area contributed by atoms with Gasteiger partial charge in [0.2, 0.25) is 0 Å². The van der Waals surface area contributed by atoms with Gasteiger partial charge in [-0.1, -0.05) is 18.2 Å². The fraction of sp³-hybridized carbons (Fsp3) is 0. The predicted octanol–water partition coefficient (Wildman–Crippen LogP) is 3.36. The van der Waals surface area contributed by atoms with E-state index in [2.05, 4.69) is 21.5 Å². The van der Waals surface area contributed by atoms with Crippen molar-refractivity contribution in [1.29, 1.82) is 0 Å². The summed E-state index contributed by atoms with van der Waals surface area (Å²) in [7, 11) is 0. The summed E-state index contributed by atoms with van der Waals surface area (Å²) in [4.78, 5) is 4.11. The summed E-state index contributed by atoms with van der Waals surface area (Å²) in [6.07, 6.45) is 3.62. The van der Waals surface area contributed by atoms with Gasteiger partial charge in [-0.3, -0.25) is 4.98 Å². The zero-order valence-corrected chi connectivity index (χ0v) is 8.74. The molecule has 0 aliphatic rings. The van der Waals surface area contributed by atoms with E-state index in [1.165, 1.54) is 21.6 Å². The number of nitrogens with zero attached hydrogens (tertiary/aromatic N) is 2. The van der Waals surface area contributed by atoms with Crippen molar-refractivity contribution in [2.45, 2.75) is 0 Å². The van der Waals surface area contributed by atoms with E-state index in [1.54, 1.807) is 6.20 Å². The van der Waals surface area contributed by atoms with Crippen molar-refractivity contribution < 1.29 is 0 Å². The topological polar surface area (TPSA) is 25.8 Å². The molecule has 15 heavy (non-hydrogen) atoms. The molecule has 0 aliphatic carbocycles. The lowest BCUT2D eigenvalue weighted by atomic mass is 10.1. The number of rotatable bonds is 1. The van der Waals surface area contributed by atoms with Crippen molar-refractivity contribution >= 4 is 21.6 Å². The summed E-state index contributed by atoms with van der Waals surface area (Å²) in [5.41, 5.74) is 2.11. The van der Waals surface area contributed by atoms with Crippen LogP contribution in [0.1, 0.15) is 0 Å². The molecule has 0 saturated carbocycles. The second-order valence-electron chi connectivity index (χ2n) is 3.27. The number of benzene rings is 1. The van der Waals surface area contributed by atoms with Gasteiger partial charge in [0.25, 0.3) is 0 Å². The first-order valence-electron chi connectivity index (χ1n) is 4.70. The molecule has 0 fully saturated rings. The fourth-order valence-corrected chi connectivity index (χ4v) is 2.39. The van der Waals surface area contributed by atoms with Crippen LogP contribution < -0.4 is 0 Å². The predicted molar refractivity (Wildman–Crippen MR) is 62.9 cm³/mol. The third-order valence-electron chi connectivity index (χ3n) is 2.31. The first-order valence-corrected chi connectivity index (χ1v) is 5.47. The average molecular weight is 212 g/mol. The Hall–Kier alpha value is -1.74. The molecule has 3 rings (SSSR count). The van der Waals surface area contributed by atoms with Crippen LogP contribution in [0.25, 0.3) is 21.3 Å². The lowest BCUT2D eigenvalue weighted by Gasteiger charge is -1.95. The summed E-state index contributed by atoms with van der Waals surface area (Å²) in [5, 5.41) is 1.20. The number of fused-ring (bicyclic) bond motifs is 1. The molecular formula is C12H8N2S. The Morgan fingerprint density at radius 1 is 1.00 bits per heavy atom. The maximum Gasteiger partial charge on any atom is 0.0934 e. The van der Waals surface area contributed by atoms with Crippen LogP contribution in [-0.2, 0) is 0 Å². The van der Waals surface area contributed by atoms with Gasteiger partial charge in [0.1, 0.15) is 0 Å². The first-order chi connectivity index (χ1) is 7.45. The molecule has 3 aromatic rings. The van der Waals surface area contributed by atoms with Gasteiger partial charge in [-0.2, -0.15) is 4.37 Å². The molecule has 3 heteroatoms. The van der Waals surface area contributed by atoms with E-state index in [-0.39, 0.29) is 0 Å². The van der Waals surface area contributed by atoms with E-state index < -0.39 is 0 Å². The van der Waals surface area contributed by atoms with Crippen LogP contribution in [0.5, 0.6) is 0 Å². The van der Waals surface area contributed by atoms with Crippen LogP contribution in [0, 0.1) is 0 Å². The van der Waals surface area contributed by atoms with Gasteiger partial charge in [-0.25, -0.2) is 0 Å². The normalized spacial score (nSPS) is 10.7. The van der Waals surface area contributed by atoms with Crippen molar-refractivity contribution in [3.05, 3.63) is 48.8 Å². The van der Waals surface area contributed by atoms with Crippen LogP contribution >= 0.6 is 11.5 Å². The zero-order valence-electron chi connectivity index (χ0n) is 7.92. The van der Waals surface area contributed by atoms with E-state index in [0.717, 1.165) is 11.3 Å². The van der Waals surface area contributed by atoms with E-state index >= 15 is 0 Å². The van der Waals surface area contributed by atoms with Crippen molar-refractivity contribution in [2.24, 2.45) is 0 Å². The highest BCUT2D eigenvalue weighted by molar-refractivity contribution is 7.13. The molecule has 0 radical (unpaired) electrons. The van der Waals surface area contributed by atoms with Crippen molar-refractivity contribution in [2.75, 3.05) is 0 Å². The van der Waals surface area contributed by atoms with E-state index in [0.29, 0.717) is 0 Å². The van der Waals surface area contributed by atoms with Gasteiger partial charge >= 0.3 is 0 Å². The van der Waals surface area contributed by atoms with E-state index in [1.807, 2.05) is 30.5 Å². The quantitative estimate of drug-likeness (QED) is 0.618. The highest BCUT2D eigenvalue weighted by Crippen LogP contribution is 2.29. The molecule has 0 unspecified atom stereocenters. The lowest BCUT2D eigenvalue weighted by molar-refractivity contribution is 1.32. The maximum absolute atomic E-state index is 4.47. The largest absolute Gasteiger partial charge is 0.264 e. The average Bonchev–Trinajstić information content (AvgIpc) is 2.74. The number of hydrogen-bond donors (Lipinski definition) is 0. The Kier molecular flexibility index (Phi) is 1.96. The summed E-state index contributed by atoms with van der Waals surface area (Å²) in [5.74, 6) is 0. The summed E-state index contributed by atoms with van der Waals surface area (Å²) < 4.78 is 5.69. The molecule has 1 aromatic carbocycles. The van der Waals surface area contributed by atoms with Crippen molar-refractivity contribution in [3.63, 3.8) is 0 Å². The Labute approximate surface area is 91.4 Å². The number of hydrogen-bond acceptors (Lipinski definition) is 3. The second-order valence-corrected chi connectivity index (χ2v) is 4.07. The van der Waals surface area contributed by atoms with Crippen LogP contribution in [-0.4, -0.2) is 9.36 Å². The van der Waals surface area contributed by atoms with Crippen LogP contribution in [0.3, 0.4) is 0 Å². The van der Waals surface area contributed by atoms with Gasteiger partial charge < -0.3 is 0 Å². The third-order valence-corrected chi connectivity index (χ3v) is 3.14. The van der Waals surface area contributed by atoms with Gasteiger partial charge in [-0.05, 0) is 29.7 Å². The monoisotopic (exact) mass is 212 g/mol. The first kappa shape index (κ1) is 8.56. The SMILES string of the molecule is c1cncc(-c2nsc3ccccc23)c1. The molecular weight excluding hydrogens is 204 g/mol. The van der Waals surface area contributed by atoms with Crippen LogP contribution in [0.2, 0.25) is 0 Å². The Balaban J connectivity index is 2.28. The smallest absolute Gasteiger partial charge is 0.0934 e. The minimum Gasteiger partial charge on any atom is -0.264 e. The molecule has 0 aliphatic heterocycles. The standard InChI is InChI=1S/C12H8N2S/c1-2-6-11-10(5-1)12(14-15-11)9-4-3-7-13-8-9/h1-8H. The van der Waals surface area contributed by atoms with Gasteiger partial charge in [0.05, 0.1) is 10.4 Å². The lowest BCUT2D eigenvalue weighted by Crippen LogP contribution is -1.78. The highest BCUT2D eigenvalue weighted by atomic mass is 32.1. The molecule has 0 saturated heterocycles. The van der Waals surface area contributed by atoms with Crippen LogP contribution in [0.15, 0.2) is 48.8 Å². The molecule has 0 amide bonds. The minimum atomic E-state index is 1.03. The zero-order chi connectivity index (χ0) is 10.1. The third kappa shape index (κ3) is 1.41. The Bertz CT molecular complexity index is 587. The summed E-state index contributed by atoms with van der Waals surface area (Å²) >= 11 is 1.53. The summed E-state index contributed by atoms with van der Waals surface area (Å²) in [6.45, 7) is 0. The van der Waals surface area contributed by atoms with Crippen molar-refractivity contribution in [3.8, 4) is 11.3 Å². The fourth-order valence-electron chi connectivity index (χ4n) is 1.60. The highest BCUT2D eigenvalue weighted by Gasteiger charge is 2.06. The number of pyridine rings is 1. The molecule has 0 atom stereocenters. The second kappa shape index (κ2) is 3.44. The Morgan fingerprint density at radius 2 is 1.93 bits per heavy atom. The molecule has 0 spiro atoms. The molecule has 2 heterocycles. The summed E-state index contributed by atoms with van der Waals surface area (Å²) in [6, 6.07) is 12.2. The van der Waals surface area contributed by atoms with E-state index in [4.69, 9.17) is 0 Å². The van der Waals surface area contributed by atoms with E-state index in [9.17, 15) is 0 Å². The minimum absolute atomic E-state index is 1.03. The van der Waals surface area contributed by atoms with Gasteiger partial charge in [-0.15, -0.1) is 0 Å². The molecule has 0 N–H and O–H groups in total. The maximum atomic E-state index is 4.47. The number of aromatic nitrogens is 2. The van der Waals surface area contributed by atoms with Gasteiger partial charge in [0.15, 0.2) is 0 Å². The van der Waals surface area contributed by atoms with Crippen LogP contribution in [0.4, 0.5) is 0 Å².